The van der Waals surface area contributed by atoms with Gasteiger partial charge in [-0.15, -0.1) is 0 Å². The summed E-state index contributed by atoms with van der Waals surface area (Å²) in [6.45, 7) is -1.13. The Morgan fingerprint density at radius 2 is 1.87 bits per heavy atom. The van der Waals surface area contributed by atoms with Gasteiger partial charge in [-0.2, -0.15) is 0 Å². The Kier molecular flexibility index (Phi) is 4.91. The van der Waals surface area contributed by atoms with Gasteiger partial charge in [0.1, 0.15) is 6.04 Å². The molecule has 2 saturated heterocycles. The Labute approximate surface area is 169 Å². The summed E-state index contributed by atoms with van der Waals surface area (Å²) in [7, 11) is 0. The average molecular weight is 422 g/mol. The van der Waals surface area contributed by atoms with E-state index in [-0.39, 0.29) is 43.6 Å². The number of rotatable bonds is 6. The van der Waals surface area contributed by atoms with Crippen LogP contribution in [-0.4, -0.2) is 70.8 Å². The average Bonchev–Trinajstić information content (AvgIpc) is 2.90. The molecule has 0 saturated carbocycles. The molecule has 160 valence electrons. The number of halogens is 2. The highest BCUT2D eigenvalue weighted by Gasteiger charge is 2.56. The van der Waals surface area contributed by atoms with E-state index in [4.69, 9.17) is 0 Å². The molecular weight excluding hydrogens is 402 g/mol. The van der Waals surface area contributed by atoms with Crippen LogP contribution in [0, 0.1) is 0 Å². The van der Waals surface area contributed by atoms with Crippen molar-refractivity contribution in [2.45, 2.75) is 37.0 Å². The molecule has 0 aliphatic carbocycles. The molecule has 30 heavy (non-hydrogen) atoms. The number of benzene rings is 1. The topological polar surface area (TPSA) is 128 Å². The van der Waals surface area contributed by atoms with E-state index in [1.54, 1.807) is 0 Å². The molecule has 9 nitrogen and oxygen atoms in total. The fourth-order valence-electron chi connectivity index (χ4n) is 3.78. The number of fused-ring (bicyclic) bond motifs is 1. The van der Waals surface area contributed by atoms with Crippen molar-refractivity contribution >= 4 is 23.6 Å². The van der Waals surface area contributed by atoms with Crippen LogP contribution in [-0.2, 0) is 16.1 Å². The molecule has 1 unspecified atom stereocenters. The number of nitrogens with zero attached hydrogens (tertiary/aromatic N) is 1. The highest BCUT2D eigenvalue weighted by molar-refractivity contribution is 6.23. The van der Waals surface area contributed by atoms with Crippen molar-refractivity contribution in [3.8, 4) is 0 Å². The van der Waals surface area contributed by atoms with Crippen molar-refractivity contribution in [2.24, 2.45) is 0 Å². The molecule has 0 aromatic heterocycles. The van der Waals surface area contributed by atoms with Gasteiger partial charge < -0.3 is 15.7 Å². The third-order valence-electron chi connectivity index (χ3n) is 5.70. The summed E-state index contributed by atoms with van der Waals surface area (Å²) in [5, 5.41) is 17.1. The van der Waals surface area contributed by atoms with E-state index in [1.807, 2.05) is 0 Å². The Morgan fingerprint density at radius 3 is 2.50 bits per heavy atom. The number of carbonyl (C=O) groups is 4. The van der Waals surface area contributed by atoms with Crippen LogP contribution in [0.5, 0.6) is 0 Å². The van der Waals surface area contributed by atoms with Crippen molar-refractivity contribution < 1.29 is 33.1 Å². The van der Waals surface area contributed by atoms with Gasteiger partial charge in [-0.25, -0.2) is 8.78 Å². The van der Waals surface area contributed by atoms with Crippen molar-refractivity contribution in [3.63, 3.8) is 0 Å². The minimum absolute atomic E-state index is 0.00767. The quantitative estimate of drug-likeness (QED) is 0.440. The van der Waals surface area contributed by atoms with Crippen molar-refractivity contribution in [1.82, 2.24) is 20.9 Å². The SMILES string of the molecule is O=C1CCC(N2C(=O)c3ccc(CNCC(F)(F)C4(O)CNC4)cc3C2=O)C(=O)N1. The third kappa shape index (κ3) is 3.28. The second-order valence-electron chi connectivity index (χ2n) is 7.77. The molecule has 3 aliphatic rings. The lowest BCUT2D eigenvalue weighted by Crippen LogP contribution is -2.71. The first-order chi connectivity index (χ1) is 14.1. The minimum Gasteiger partial charge on any atom is -0.381 e. The summed E-state index contributed by atoms with van der Waals surface area (Å²) in [5.74, 6) is -5.78. The number of nitrogens with one attached hydrogen (secondary N) is 3. The largest absolute Gasteiger partial charge is 0.381 e. The highest BCUT2D eigenvalue weighted by atomic mass is 19.3. The smallest absolute Gasteiger partial charge is 0.290 e. The van der Waals surface area contributed by atoms with Gasteiger partial charge in [-0.05, 0) is 24.1 Å². The van der Waals surface area contributed by atoms with Crippen LogP contribution in [0.4, 0.5) is 8.78 Å². The predicted octanol–water partition coefficient (Wildman–Crippen LogP) is -0.853. The number of imide groups is 2. The number of hydrogen-bond acceptors (Lipinski definition) is 7. The molecule has 11 heteroatoms. The van der Waals surface area contributed by atoms with Crippen LogP contribution in [0.15, 0.2) is 18.2 Å². The maximum absolute atomic E-state index is 14.1. The molecule has 0 bridgehead atoms. The first kappa shape index (κ1) is 20.5. The van der Waals surface area contributed by atoms with Gasteiger partial charge in [-0.1, -0.05) is 6.07 Å². The molecule has 4 rings (SSSR count). The normalized spacial score (nSPS) is 23.3. The number of piperidine rings is 1. The second-order valence-corrected chi connectivity index (χ2v) is 7.77. The number of hydrogen-bond donors (Lipinski definition) is 4. The standard InChI is InChI=1S/C19H20F2N4O5/c20-19(21,18(30)7-23-8-18)9-22-6-10-1-2-11-12(5-10)17(29)25(16(11)28)13-3-4-14(26)24-15(13)27/h1-2,5,13,22-23,30H,3-4,6-9H2,(H,24,26,27). The predicted molar refractivity (Wildman–Crippen MR) is 97.6 cm³/mol. The number of carbonyl (C=O) groups excluding carboxylic acids is 4. The van der Waals surface area contributed by atoms with Gasteiger partial charge in [0.2, 0.25) is 11.8 Å². The molecule has 1 aromatic rings. The Hall–Kier alpha value is -2.76. The lowest BCUT2D eigenvalue weighted by molar-refractivity contribution is -0.199. The van der Waals surface area contributed by atoms with E-state index in [0.717, 1.165) is 4.90 Å². The zero-order chi connectivity index (χ0) is 21.7. The van der Waals surface area contributed by atoms with Crippen LogP contribution in [0.1, 0.15) is 39.1 Å². The lowest BCUT2D eigenvalue weighted by Gasteiger charge is -2.43. The maximum atomic E-state index is 14.1. The molecule has 3 heterocycles. The van der Waals surface area contributed by atoms with E-state index in [2.05, 4.69) is 16.0 Å². The molecule has 4 N–H and O–H groups in total. The number of alkyl halides is 2. The van der Waals surface area contributed by atoms with Crippen molar-refractivity contribution in [2.75, 3.05) is 19.6 Å². The first-order valence-corrected chi connectivity index (χ1v) is 9.49. The zero-order valence-electron chi connectivity index (χ0n) is 15.8. The fourth-order valence-corrected chi connectivity index (χ4v) is 3.78. The Balaban J connectivity index is 1.44. The van der Waals surface area contributed by atoms with E-state index >= 15 is 0 Å². The molecule has 4 amide bonds. The van der Waals surface area contributed by atoms with Crippen LogP contribution < -0.4 is 16.0 Å². The van der Waals surface area contributed by atoms with E-state index in [9.17, 15) is 33.1 Å². The van der Waals surface area contributed by atoms with Gasteiger partial charge >= 0.3 is 0 Å². The molecule has 1 aromatic carbocycles. The van der Waals surface area contributed by atoms with Gasteiger partial charge in [0.25, 0.3) is 17.7 Å². The van der Waals surface area contributed by atoms with E-state index in [1.165, 1.54) is 18.2 Å². The lowest BCUT2D eigenvalue weighted by atomic mass is 9.89. The van der Waals surface area contributed by atoms with Gasteiger partial charge in [0.05, 0.1) is 17.7 Å². The fraction of sp³-hybridized carbons (Fsp3) is 0.474. The Bertz CT molecular complexity index is 947. The van der Waals surface area contributed by atoms with E-state index in [0.29, 0.717) is 5.56 Å². The summed E-state index contributed by atoms with van der Waals surface area (Å²) in [4.78, 5) is 49.6. The van der Waals surface area contributed by atoms with Gasteiger partial charge in [0.15, 0.2) is 5.60 Å². The summed E-state index contributed by atoms with van der Waals surface area (Å²) in [5.41, 5.74) is -1.39. The first-order valence-electron chi connectivity index (χ1n) is 9.49. The monoisotopic (exact) mass is 422 g/mol. The zero-order valence-corrected chi connectivity index (χ0v) is 15.8. The van der Waals surface area contributed by atoms with Crippen LogP contribution >= 0.6 is 0 Å². The van der Waals surface area contributed by atoms with Crippen LogP contribution in [0.3, 0.4) is 0 Å². The van der Waals surface area contributed by atoms with Crippen molar-refractivity contribution in [3.05, 3.63) is 34.9 Å². The summed E-state index contributed by atoms with van der Waals surface area (Å²) in [6, 6.07) is 3.31. The van der Waals surface area contributed by atoms with Crippen molar-refractivity contribution in [1.29, 1.82) is 0 Å². The molecule has 0 spiro atoms. The van der Waals surface area contributed by atoms with E-state index < -0.39 is 47.7 Å². The molecular formula is C19H20F2N4O5. The molecule has 0 radical (unpaired) electrons. The number of amides is 4. The second kappa shape index (κ2) is 7.18. The summed E-state index contributed by atoms with van der Waals surface area (Å²) < 4.78 is 28.2. The maximum Gasteiger partial charge on any atom is 0.290 e. The third-order valence-corrected chi connectivity index (χ3v) is 5.70. The number of β-amino-alcohol motifs (C(OH)–C–C–N with tert-alkyl or cyclic N) is 1. The molecule has 3 aliphatic heterocycles. The van der Waals surface area contributed by atoms with Gasteiger partial charge in [0, 0.05) is 26.1 Å². The minimum atomic E-state index is -3.33. The summed E-state index contributed by atoms with van der Waals surface area (Å²) in [6.07, 6.45) is 0.0759. The summed E-state index contributed by atoms with van der Waals surface area (Å²) >= 11 is 0. The Morgan fingerprint density at radius 1 is 1.17 bits per heavy atom. The molecule has 2 fully saturated rings. The molecule has 1 atom stereocenters. The number of aliphatic hydroxyl groups is 1. The highest BCUT2D eigenvalue weighted by Crippen LogP contribution is 2.32. The van der Waals surface area contributed by atoms with Gasteiger partial charge in [-0.3, -0.25) is 29.4 Å². The van der Waals surface area contributed by atoms with Crippen LogP contribution in [0.25, 0.3) is 0 Å². The van der Waals surface area contributed by atoms with Crippen LogP contribution in [0.2, 0.25) is 0 Å².